The van der Waals surface area contributed by atoms with E-state index in [4.69, 9.17) is 4.74 Å². The van der Waals surface area contributed by atoms with Crippen molar-refractivity contribution in [2.45, 2.75) is 32.6 Å². The molecule has 1 aromatic heterocycles. The molecule has 1 saturated heterocycles. The number of carbonyl (C=O) groups is 2. The van der Waals surface area contributed by atoms with Gasteiger partial charge in [0.25, 0.3) is 0 Å². The van der Waals surface area contributed by atoms with E-state index >= 15 is 0 Å². The zero-order valence-electron chi connectivity index (χ0n) is 18.9. The highest BCUT2D eigenvalue weighted by molar-refractivity contribution is 7.89. The van der Waals surface area contributed by atoms with Crippen molar-refractivity contribution < 1.29 is 27.9 Å². The van der Waals surface area contributed by atoms with Crippen LogP contribution in [0.1, 0.15) is 46.6 Å². The molecule has 180 valence electrons. The van der Waals surface area contributed by atoms with E-state index < -0.39 is 27.8 Å². The summed E-state index contributed by atoms with van der Waals surface area (Å²) >= 11 is 0. The van der Waals surface area contributed by atoms with Crippen LogP contribution in [0.25, 0.3) is 0 Å². The SMILES string of the molecule is CCOCc1nc(N2CC(C(=O)NS(=O)(=O)Cc3ccccc3)C2)c(C#N)c(CC)c1C(=O)O. The van der Waals surface area contributed by atoms with Gasteiger partial charge >= 0.3 is 5.97 Å². The Morgan fingerprint density at radius 3 is 2.50 bits per heavy atom. The standard InChI is InChI=1S/C23H26N4O6S/c1-3-17-18(10-24)21(25-19(13-33-4-2)20(17)23(29)30)27-11-16(12-27)22(28)26-34(31,32)14-15-8-6-5-7-9-15/h5-9,16H,3-4,11-14H2,1-2H3,(H,26,28)(H,29,30). The topological polar surface area (TPSA) is 150 Å². The Kier molecular flexibility index (Phi) is 7.86. The molecule has 0 aliphatic carbocycles. The number of hydrogen-bond acceptors (Lipinski definition) is 8. The second-order valence-electron chi connectivity index (χ2n) is 7.83. The Morgan fingerprint density at radius 1 is 1.26 bits per heavy atom. The van der Waals surface area contributed by atoms with Gasteiger partial charge in [0.2, 0.25) is 15.9 Å². The van der Waals surface area contributed by atoms with Crippen molar-refractivity contribution in [3.63, 3.8) is 0 Å². The average molecular weight is 487 g/mol. The molecule has 2 aromatic rings. The number of aromatic carboxylic acids is 1. The lowest BCUT2D eigenvalue weighted by Gasteiger charge is -2.40. The molecule has 0 atom stereocenters. The summed E-state index contributed by atoms with van der Waals surface area (Å²) in [6.07, 6.45) is 0.300. The zero-order chi connectivity index (χ0) is 24.9. The summed E-state index contributed by atoms with van der Waals surface area (Å²) in [5.41, 5.74) is 1.22. The number of carboxylic acids is 1. The fourth-order valence-electron chi connectivity index (χ4n) is 3.81. The third-order valence-corrected chi connectivity index (χ3v) is 6.71. The number of carboxylic acid groups (broad SMARTS) is 1. The van der Waals surface area contributed by atoms with Crippen LogP contribution < -0.4 is 9.62 Å². The molecule has 1 aromatic carbocycles. The number of anilines is 1. The third-order valence-electron chi connectivity index (χ3n) is 5.49. The van der Waals surface area contributed by atoms with Gasteiger partial charge in [-0.15, -0.1) is 0 Å². The van der Waals surface area contributed by atoms with E-state index in [1.54, 1.807) is 49.1 Å². The normalized spacial score (nSPS) is 13.7. The van der Waals surface area contributed by atoms with Gasteiger partial charge in [-0.05, 0) is 24.5 Å². The minimum absolute atomic E-state index is 0.0284. The monoisotopic (exact) mass is 486 g/mol. The van der Waals surface area contributed by atoms with E-state index in [0.29, 0.717) is 24.2 Å². The summed E-state index contributed by atoms with van der Waals surface area (Å²) in [4.78, 5) is 30.5. The van der Waals surface area contributed by atoms with Crippen LogP contribution in [0.5, 0.6) is 0 Å². The second kappa shape index (κ2) is 10.6. The fourth-order valence-corrected chi connectivity index (χ4v) is 4.99. The van der Waals surface area contributed by atoms with Crippen molar-refractivity contribution in [3.05, 3.63) is 58.3 Å². The minimum atomic E-state index is -3.86. The van der Waals surface area contributed by atoms with Gasteiger partial charge in [-0.2, -0.15) is 5.26 Å². The lowest BCUT2D eigenvalue weighted by Crippen LogP contribution is -2.55. The van der Waals surface area contributed by atoms with Crippen molar-refractivity contribution in [1.29, 1.82) is 5.26 Å². The van der Waals surface area contributed by atoms with Gasteiger partial charge in [-0.3, -0.25) is 9.52 Å². The Labute approximate surface area is 198 Å². The first-order valence-electron chi connectivity index (χ1n) is 10.8. The van der Waals surface area contributed by atoms with Crippen molar-refractivity contribution in [1.82, 2.24) is 9.71 Å². The van der Waals surface area contributed by atoms with Crippen LogP contribution in [0.4, 0.5) is 5.82 Å². The summed E-state index contributed by atoms with van der Waals surface area (Å²) in [6.45, 7) is 4.16. The molecule has 0 bridgehead atoms. The van der Waals surface area contributed by atoms with Gasteiger partial charge in [-0.1, -0.05) is 37.3 Å². The lowest BCUT2D eigenvalue weighted by atomic mass is 9.94. The number of aromatic nitrogens is 1. The number of rotatable bonds is 10. The van der Waals surface area contributed by atoms with E-state index in [0.717, 1.165) is 0 Å². The number of benzene rings is 1. The summed E-state index contributed by atoms with van der Waals surface area (Å²) in [5.74, 6) is -2.47. The van der Waals surface area contributed by atoms with Gasteiger partial charge < -0.3 is 14.7 Å². The number of ether oxygens (including phenoxy) is 1. The van der Waals surface area contributed by atoms with Gasteiger partial charge in [0.1, 0.15) is 11.9 Å². The molecule has 0 unspecified atom stereocenters. The first-order valence-corrected chi connectivity index (χ1v) is 12.5. The molecule has 1 aliphatic heterocycles. The van der Waals surface area contributed by atoms with E-state index in [2.05, 4.69) is 9.71 Å². The number of carbonyl (C=O) groups excluding carboxylic acids is 1. The van der Waals surface area contributed by atoms with Crippen molar-refractivity contribution in [3.8, 4) is 6.07 Å². The van der Waals surface area contributed by atoms with Crippen LogP contribution in [-0.4, -0.2) is 50.1 Å². The number of amides is 1. The molecule has 34 heavy (non-hydrogen) atoms. The fraction of sp³-hybridized carbons (Fsp3) is 0.391. The van der Waals surface area contributed by atoms with Crippen LogP contribution in [0.15, 0.2) is 30.3 Å². The maximum atomic E-state index is 12.5. The highest BCUT2D eigenvalue weighted by atomic mass is 32.2. The van der Waals surface area contributed by atoms with Crippen LogP contribution >= 0.6 is 0 Å². The number of sulfonamides is 1. The van der Waals surface area contributed by atoms with E-state index in [-0.39, 0.29) is 48.1 Å². The van der Waals surface area contributed by atoms with Crippen molar-refractivity contribution in [2.24, 2.45) is 5.92 Å². The number of nitrogens with zero attached hydrogens (tertiary/aromatic N) is 3. The second-order valence-corrected chi connectivity index (χ2v) is 9.55. The maximum Gasteiger partial charge on any atom is 0.337 e. The maximum absolute atomic E-state index is 12.5. The molecular weight excluding hydrogens is 460 g/mol. The van der Waals surface area contributed by atoms with E-state index in [9.17, 15) is 28.4 Å². The smallest absolute Gasteiger partial charge is 0.337 e. The van der Waals surface area contributed by atoms with Crippen LogP contribution in [0.3, 0.4) is 0 Å². The minimum Gasteiger partial charge on any atom is -0.478 e. The Hall–Kier alpha value is -3.49. The highest BCUT2D eigenvalue weighted by Gasteiger charge is 2.37. The molecule has 2 heterocycles. The first-order chi connectivity index (χ1) is 16.2. The zero-order valence-corrected chi connectivity index (χ0v) is 19.8. The third kappa shape index (κ3) is 5.52. The van der Waals surface area contributed by atoms with Crippen molar-refractivity contribution >= 4 is 27.7 Å². The van der Waals surface area contributed by atoms with Crippen LogP contribution in [-0.2, 0) is 38.3 Å². The summed E-state index contributed by atoms with van der Waals surface area (Å²) in [7, 11) is -3.86. The quantitative estimate of drug-likeness (QED) is 0.513. The highest BCUT2D eigenvalue weighted by Crippen LogP contribution is 2.32. The molecule has 10 nitrogen and oxygen atoms in total. The molecule has 0 spiro atoms. The largest absolute Gasteiger partial charge is 0.478 e. The number of nitrogens with one attached hydrogen (secondary N) is 1. The number of pyridine rings is 1. The molecule has 1 amide bonds. The van der Waals surface area contributed by atoms with E-state index in [1.165, 1.54) is 0 Å². The number of hydrogen-bond donors (Lipinski definition) is 2. The number of nitriles is 1. The molecule has 11 heteroatoms. The molecule has 2 N–H and O–H groups in total. The Morgan fingerprint density at radius 2 is 1.94 bits per heavy atom. The van der Waals surface area contributed by atoms with Gasteiger partial charge in [0.15, 0.2) is 0 Å². The first kappa shape index (κ1) is 25.1. The molecule has 1 aliphatic rings. The summed E-state index contributed by atoms with van der Waals surface area (Å²) in [5, 5.41) is 19.4. The van der Waals surface area contributed by atoms with Gasteiger partial charge in [0.05, 0.1) is 35.1 Å². The van der Waals surface area contributed by atoms with Crippen molar-refractivity contribution in [2.75, 3.05) is 24.6 Å². The summed E-state index contributed by atoms with van der Waals surface area (Å²) in [6, 6.07) is 10.6. The average Bonchev–Trinajstić information content (AvgIpc) is 2.75. The molecule has 0 radical (unpaired) electrons. The molecule has 1 fully saturated rings. The predicted molar refractivity (Wildman–Crippen MR) is 124 cm³/mol. The Balaban J connectivity index is 1.78. The van der Waals surface area contributed by atoms with Gasteiger partial charge in [-0.25, -0.2) is 18.2 Å². The molecule has 3 rings (SSSR count). The Bertz CT molecular complexity index is 1220. The molecule has 0 saturated carbocycles. The lowest BCUT2D eigenvalue weighted by molar-refractivity contribution is -0.123. The van der Waals surface area contributed by atoms with Crippen LogP contribution in [0.2, 0.25) is 0 Å². The molecular formula is C23H26N4O6S. The predicted octanol–water partition coefficient (Wildman–Crippen LogP) is 1.83. The van der Waals surface area contributed by atoms with Crippen LogP contribution in [0, 0.1) is 17.2 Å². The van der Waals surface area contributed by atoms with Gasteiger partial charge in [0, 0.05) is 19.7 Å². The van der Waals surface area contributed by atoms with E-state index in [1.807, 2.05) is 6.07 Å². The summed E-state index contributed by atoms with van der Waals surface area (Å²) < 4.78 is 32.2.